The summed E-state index contributed by atoms with van der Waals surface area (Å²) in [6, 6.07) is 19.6. The highest BCUT2D eigenvalue weighted by atomic mass is 35.5. The second-order valence-electron chi connectivity index (χ2n) is 8.09. The van der Waals surface area contributed by atoms with Crippen LogP contribution in [0.5, 0.6) is 5.75 Å². The molecule has 0 unspecified atom stereocenters. The van der Waals surface area contributed by atoms with E-state index in [1.165, 1.54) is 4.90 Å². The molecule has 0 aromatic heterocycles. The number of urea groups is 1. The van der Waals surface area contributed by atoms with Gasteiger partial charge in [-0.2, -0.15) is 0 Å². The van der Waals surface area contributed by atoms with Crippen LogP contribution < -0.4 is 10.1 Å². The predicted octanol–water partition coefficient (Wildman–Crippen LogP) is 3.80. The Labute approximate surface area is 196 Å². The van der Waals surface area contributed by atoms with Gasteiger partial charge in [0.15, 0.2) is 0 Å². The minimum Gasteiger partial charge on any atom is -0.492 e. The highest BCUT2D eigenvalue weighted by molar-refractivity contribution is 6.30. The molecule has 4 rings (SSSR count). The lowest BCUT2D eigenvalue weighted by atomic mass is 9.88. The Bertz CT molecular complexity index is 1210. The Balaban J connectivity index is 1.42. The summed E-state index contributed by atoms with van der Waals surface area (Å²) in [5, 5.41) is 5.23. The van der Waals surface area contributed by atoms with Crippen molar-refractivity contribution in [1.82, 2.24) is 15.1 Å². The summed E-state index contributed by atoms with van der Waals surface area (Å²) in [6.45, 7) is 1.88. The number of halogens is 1. The number of nitrogens with one attached hydrogen (secondary N) is 1. The third-order valence-corrected chi connectivity index (χ3v) is 6.08. The maximum absolute atomic E-state index is 13.3. The molecular formula is C25H24ClN3O4. The standard InChI is InChI=1S/C25H24ClN3O4/c1-25(21-9-5-7-17-6-3-4-8-20(17)21)23(31)29(24(32)27-25)16-22(30)28(2)14-15-33-19-12-10-18(26)11-13-19/h3-13H,14-16H2,1-2H3,(H,27,32)/t25-/m1/s1. The average Bonchev–Trinajstić information content (AvgIpc) is 3.03. The number of nitrogens with zero attached hydrogens (tertiary/aromatic N) is 2. The van der Waals surface area contributed by atoms with Crippen molar-refractivity contribution in [2.24, 2.45) is 0 Å². The molecule has 1 atom stereocenters. The van der Waals surface area contributed by atoms with E-state index >= 15 is 0 Å². The average molecular weight is 466 g/mol. The fourth-order valence-corrected chi connectivity index (χ4v) is 4.02. The molecule has 1 saturated heterocycles. The molecule has 0 radical (unpaired) electrons. The number of amides is 4. The molecule has 33 heavy (non-hydrogen) atoms. The van der Waals surface area contributed by atoms with Gasteiger partial charge in [0.1, 0.15) is 24.4 Å². The molecule has 0 bridgehead atoms. The molecule has 1 fully saturated rings. The van der Waals surface area contributed by atoms with Crippen LogP contribution in [0.2, 0.25) is 5.02 Å². The third-order valence-electron chi connectivity index (χ3n) is 5.83. The van der Waals surface area contributed by atoms with Gasteiger partial charge in [0.05, 0.1) is 6.54 Å². The van der Waals surface area contributed by atoms with Gasteiger partial charge in [0, 0.05) is 12.1 Å². The summed E-state index contributed by atoms with van der Waals surface area (Å²) < 4.78 is 5.61. The number of hydrogen-bond donors (Lipinski definition) is 1. The molecule has 7 nitrogen and oxygen atoms in total. The van der Waals surface area contributed by atoms with E-state index in [1.54, 1.807) is 38.2 Å². The monoisotopic (exact) mass is 465 g/mol. The van der Waals surface area contributed by atoms with Gasteiger partial charge in [0.2, 0.25) is 5.91 Å². The first-order valence-electron chi connectivity index (χ1n) is 10.5. The lowest BCUT2D eigenvalue weighted by Gasteiger charge is -2.24. The van der Waals surface area contributed by atoms with Gasteiger partial charge in [-0.15, -0.1) is 0 Å². The summed E-state index contributed by atoms with van der Waals surface area (Å²) in [7, 11) is 1.61. The highest BCUT2D eigenvalue weighted by Gasteiger charge is 2.50. The molecule has 1 N–H and O–H groups in total. The minimum absolute atomic E-state index is 0.262. The fraction of sp³-hybridized carbons (Fsp3) is 0.240. The third kappa shape index (κ3) is 4.50. The van der Waals surface area contributed by atoms with E-state index in [4.69, 9.17) is 16.3 Å². The Hall–Kier alpha value is -3.58. The molecule has 0 saturated carbocycles. The SMILES string of the molecule is CN(CCOc1ccc(Cl)cc1)C(=O)CN1C(=O)N[C@](C)(c2cccc3ccccc23)C1=O. The predicted molar refractivity (Wildman–Crippen MR) is 126 cm³/mol. The Morgan fingerprint density at radius 2 is 1.76 bits per heavy atom. The van der Waals surface area contributed by atoms with Gasteiger partial charge < -0.3 is 15.0 Å². The van der Waals surface area contributed by atoms with Gasteiger partial charge in [0.25, 0.3) is 5.91 Å². The van der Waals surface area contributed by atoms with Crippen molar-refractivity contribution in [3.05, 3.63) is 77.3 Å². The van der Waals surface area contributed by atoms with E-state index in [-0.39, 0.29) is 19.1 Å². The van der Waals surface area contributed by atoms with Crippen LogP contribution in [0.4, 0.5) is 4.79 Å². The summed E-state index contributed by atoms with van der Waals surface area (Å²) in [5.74, 6) is -0.177. The molecule has 0 aliphatic carbocycles. The number of fused-ring (bicyclic) bond motifs is 1. The van der Waals surface area contributed by atoms with Crippen molar-refractivity contribution in [2.75, 3.05) is 26.7 Å². The van der Waals surface area contributed by atoms with Crippen LogP contribution in [0.25, 0.3) is 10.8 Å². The second kappa shape index (κ2) is 9.11. The van der Waals surface area contributed by atoms with Crippen LogP contribution >= 0.6 is 11.6 Å². The summed E-state index contributed by atoms with van der Waals surface area (Å²) in [5.41, 5.74) is -0.562. The maximum Gasteiger partial charge on any atom is 0.325 e. The number of likely N-dealkylation sites (N-methyl/N-ethyl adjacent to an activating group) is 1. The van der Waals surface area contributed by atoms with Crippen molar-refractivity contribution in [2.45, 2.75) is 12.5 Å². The zero-order valence-electron chi connectivity index (χ0n) is 18.4. The molecule has 3 aromatic carbocycles. The zero-order valence-corrected chi connectivity index (χ0v) is 19.1. The zero-order chi connectivity index (χ0) is 23.6. The van der Waals surface area contributed by atoms with Gasteiger partial charge in [-0.25, -0.2) is 4.79 Å². The van der Waals surface area contributed by atoms with Crippen LogP contribution in [-0.2, 0) is 15.1 Å². The normalized spacial score (nSPS) is 17.8. The van der Waals surface area contributed by atoms with E-state index in [0.29, 0.717) is 22.9 Å². The number of carbonyl (C=O) groups excluding carboxylic acids is 3. The largest absolute Gasteiger partial charge is 0.492 e. The fourth-order valence-electron chi connectivity index (χ4n) is 3.90. The van der Waals surface area contributed by atoms with Gasteiger partial charge in [-0.3, -0.25) is 14.5 Å². The smallest absolute Gasteiger partial charge is 0.325 e. The van der Waals surface area contributed by atoms with Crippen LogP contribution in [0.3, 0.4) is 0 Å². The molecule has 4 amide bonds. The van der Waals surface area contributed by atoms with Crippen molar-refractivity contribution in [3.63, 3.8) is 0 Å². The quantitative estimate of drug-likeness (QED) is 0.538. The molecule has 1 aliphatic rings. The highest BCUT2D eigenvalue weighted by Crippen LogP contribution is 2.33. The van der Waals surface area contributed by atoms with Crippen LogP contribution in [-0.4, -0.2) is 54.4 Å². The Kier molecular flexibility index (Phi) is 6.24. The molecule has 170 valence electrons. The van der Waals surface area contributed by atoms with Crippen molar-refractivity contribution < 1.29 is 19.1 Å². The number of imide groups is 1. The minimum atomic E-state index is -1.26. The van der Waals surface area contributed by atoms with Gasteiger partial charge >= 0.3 is 6.03 Å². The summed E-state index contributed by atoms with van der Waals surface area (Å²) in [4.78, 5) is 41.1. The number of ether oxygens (including phenoxy) is 1. The molecule has 3 aromatic rings. The lowest BCUT2D eigenvalue weighted by Crippen LogP contribution is -2.44. The number of benzene rings is 3. The molecule has 0 spiro atoms. The van der Waals surface area contributed by atoms with Gasteiger partial charge in [-0.1, -0.05) is 54.1 Å². The molecule has 1 aliphatic heterocycles. The first-order chi connectivity index (χ1) is 15.8. The van der Waals surface area contributed by atoms with Crippen LogP contribution in [0.1, 0.15) is 12.5 Å². The van der Waals surface area contributed by atoms with Crippen molar-refractivity contribution >= 4 is 40.2 Å². The van der Waals surface area contributed by atoms with E-state index in [0.717, 1.165) is 15.7 Å². The van der Waals surface area contributed by atoms with E-state index < -0.39 is 17.5 Å². The maximum atomic E-state index is 13.3. The summed E-state index contributed by atoms with van der Waals surface area (Å²) in [6.07, 6.45) is 0. The van der Waals surface area contributed by atoms with Crippen LogP contribution in [0, 0.1) is 0 Å². The number of carbonyl (C=O) groups is 3. The van der Waals surface area contributed by atoms with E-state index in [9.17, 15) is 14.4 Å². The molecule has 1 heterocycles. The molecular weight excluding hydrogens is 442 g/mol. The first-order valence-corrected chi connectivity index (χ1v) is 10.9. The van der Waals surface area contributed by atoms with Crippen LogP contribution in [0.15, 0.2) is 66.7 Å². The first kappa shape index (κ1) is 22.6. The van der Waals surface area contributed by atoms with E-state index in [1.807, 2.05) is 42.5 Å². The number of rotatable bonds is 7. The van der Waals surface area contributed by atoms with Crippen molar-refractivity contribution in [3.8, 4) is 5.75 Å². The number of hydrogen-bond acceptors (Lipinski definition) is 4. The second-order valence-corrected chi connectivity index (χ2v) is 8.53. The van der Waals surface area contributed by atoms with Crippen molar-refractivity contribution in [1.29, 1.82) is 0 Å². The summed E-state index contributed by atoms with van der Waals surface area (Å²) >= 11 is 5.86. The van der Waals surface area contributed by atoms with Gasteiger partial charge in [-0.05, 0) is 47.5 Å². The topological polar surface area (TPSA) is 79.0 Å². The Morgan fingerprint density at radius 3 is 2.52 bits per heavy atom. The van der Waals surface area contributed by atoms with E-state index in [2.05, 4.69) is 5.32 Å². The molecule has 8 heteroatoms. The Morgan fingerprint density at radius 1 is 1.06 bits per heavy atom. The lowest BCUT2D eigenvalue weighted by molar-refractivity contribution is -0.138.